The van der Waals surface area contributed by atoms with Crippen LogP contribution >= 0.6 is 0 Å². The van der Waals surface area contributed by atoms with Crippen molar-refractivity contribution in [3.63, 3.8) is 0 Å². The van der Waals surface area contributed by atoms with Crippen molar-refractivity contribution in [2.24, 2.45) is 5.92 Å². The molecule has 6 nitrogen and oxygen atoms in total. The lowest BCUT2D eigenvalue weighted by atomic mass is 9.89. The van der Waals surface area contributed by atoms with Crippen LogP contribution < -0.4 is 5.32 Å². The molecule has 1 aliphatic carbocycles. The number of hydrogen-bond acceptors (Lipinski definition) is 4. The number of nitriles is 1. The van der Waals surface area contributed by atoms with E-state index in [1.807, 2.05) is 0 Å². The van der Waals surface area contributed by atoms with Gasteiger partial charge in [0, 0.05) is 12.3 Å². The first-order valence-corrected chi connectivity index (χ1v) is 6.46. The monoisotopic (exact) mass is 267 g/mol. The van der Waals surface area contributed by atoms with E-state index in [2.05, 4.69) is 26.8 Å². The van der Waals surface area contributed by atoms with E-state index >= 15 is 0 Å². The van der Waals surface area contributed by atoms with Gasteiger partial charge in [-0.05, 0) is 25.0 Å². The number of para-hydroxylation sites is 1. The van der Waals surface area contributed by atoms with E-state index in [0.29, 0.717) is 17.7 Å². The second-order valence-electron chi connectivity index (χ2n) is 4.80. The summed E-state index contributed by atoms with van der Waals surface area (Å²) in [5.41, 5.74) is 2.85. The van der Waals surface area contributed by atoms with Crippen LogP contribution in [0.5, 0.6) is 0 Å². The average Bonchev–Trinajstić information content (AvgIpc) is 2.95. The molecule has 0 bridgehead atoms. The lowest BCUT2D eigenvalue weighted by molar-refractivity contribution is -0.120. The molecule has 1 aromatic heterocycles. The smallest absolute Gasteiger partial charge is 0.227 e. The largest absolute Gasteiger partial charge is 0.325 e. The van der Waals surface area contributed by atoms with Gasteiger partial charge in [0.15, 0.2) is 0 Å². The number of fused-ring (bicyclic) bond motifs is 1. The number of nitrogens with zero attached hydrogens (tertiary/aromatic N) is 3. The van der Waals surface area contributed by atoms with Crippen LogP contribution in [-0.4, -0.2) is 21.3 Å². The normalized spacial score (nSPS) is 17.1. The minimum atomic E-state index is -0.126. The molecule has 0 saturated heterocycles. The van der Waals surface area contributed by atoms with Crippen molar-refractivity contribution >= 4 is 11.6 Å². The molecule has 1 aliphatic rings. The van der Waals surface area contributed by atoms with Gasteiger partial charge in [-0.1, -0.05) is 12.1 Å². The zero-order chi connectivity index (χ0) is 13.9. The fourth-order valence-corrected chi connectivity index (χ4v) is 2.43. The molecule has 1 aromatic carbocycles. The first kappa shape index (κ1) is 12.4. The Morgan fingerprint density at radius 1 is 1.35 bits per heavy atom. The summed E-state index contributed by atoms with van der Waals surface area (Å²) in [5, 5.41) is 22.6. The van der Waals surface area contributed by atoms with Gasteiger partial charge in [-0.15, -0.1) is 0 Å². The highest BCUT2D eigenvalue weighted by Gasteiger charge is 2.27. The second-order valence-corrected chi connectivity index (χ2v) is 4.80. The summed E-state index contributed by atoms with van der Waals surface area (Å²) >= 11 is 0. The molecule has 1 amide bonds. The van der Waals surface area contributed by atoms with Gasteiger partial charge < -0.3 is 5.32 Å². The molecule has 6 heteroatoms. The Labute approximate surface area is 115 Å². The number of anilines is 1. The van der Waals surface area contributed by atoms with Gasteiger partial charge in [0.25, 0.3) is 0 Å². The third-order valence-electron chi connectivity index (χ3n) is 3.55. The lowest BCUT2D eigenvalue weighted by Gasteiger charge is -2.19. The van der Waals surface area contributed by atoms with Gasteiger partial charge in [-0.25, -0.2) is 0 Å². The highest BCUT2D eigenvalue weighted by molar-refractivity contribution is 5.94. The van der Waals surface area contributed by atoms with E-state index in [0.717, 1.165) is 24.2 Å². The molecule has 1 unspecified atom stereocenters. The number of carbonyl (C=O) groups is 1. The van der Waals surface area contributed by atoms with Crippen LogP contribution in [0.1, 0.15) is 23.4 Å². The van der Waals surface area contributed by atoms with E-state index in [9.17, 15) is 4.79 Å². The van der Waals surface area contributed by atoms with Crippen LogP contribution in [0, 0.1) is 17.2 Å². The number of benzene rings is 1. The number of H-pyrrole nitrogens is 1. The Morgan fingerprint density at radius 2 is 2.15 bits per heavy atom. The van der Waals surface area contributed by atoms with Crippen LogP contribution in [0.4, 0.5) is 5.69 Å². The number of hydrogen-bond donors (Lipinski definition) is 2. The zero-order valence-electron chi connectivity index (χ0n) is 10.8. The lowest BCUT2D eigenvalue weighted by Crippen LogP contribution is -2.28. The summed E-state index contributed by atoms with van der Waals surface area (Å²) in [7, 11) is 0. The van der Waals surface area contributed by atoms with E-state index in [1.54, 1.807) is 24.3 Å². The molecule has 0 saturated carbocycles. The Kier molecular flexibility index (Phi) is 3.17. The van der Waals surface area contributed by atoms with Crippen LogP contribution in [0.25, 0.3) is 0 Å². The summed E-state index contributed by atoms with van der Waals surface area (Å²) < 4.78 is 0. The molecule has 0 radical (unpaired) electrons. The van der Waals surface area contributed by atoms with Crippen LogP contribution in [0.2, 0.25) is 0 Å². The van der Waals surface area contributed by atoms with Crippen LogP contribution in [0.15, 0.2) is 24.3 Å². The number of carbonyl (C=O) groups excluding carboxylic acids is 1. The molecular weight excluding hydrogens is 254 g/mol. The summed E-state index contributed by atoms with van der Waals surface area (Å²) in [5.74, 6) is -0.194. The zero-order valence-corrected chi connectivity index (χ0v) is 10.8. The van der Waals surface area contributed by atoms with Gasteiger partial charge in [-0.3, -0.25) is 4.79 Å². The van der Waals surface area contributed by atoms with Gasteiger partial charge in [0.2, 0.25) is 5.91 Å². The molecule has 2 aromatic rings. The van der Waals surface area contributed by atoms with Crippen molar-refractivity contribution in [1.29, 1.82) is 5.26 Å². The Morgan fingerprint density at radius 3 is 3.00 bits per heavy atom. The Bertz CT molecular complexity index is 685. The van der Waals surface area contributed by atoms with Gasteiger partial charge >= 0.3 is 0 Å². The number of aromatic amines is 1. The average molecular weight is 267 g/mol. The molecular formula is C14H13N5O. The molecule has 1 heterocycles. The molecule has 3 rings (SSSR count). The van der Waals surface area contributed by atoms with Crippen molar-refractivity contribution < 1.29 is 4.79 Å². The molecule has 0 spiro atoms. The highest BCUT2D eigenvalue weighted by Crippen LogP contribution is 2.24. The summed E-state index contributed by atoms with van der Waals surface area (Å²) in [6.45, 7) is 0. The van der Waals surface area contributed by atoms with E-state index in [1.165, 1.54) is 0 Å². The second kappa shape index (κ2) is 5.13. The molecule has 2 N–H and O–H groups in total. The summed E-state index contributed by atoms with van der Waals surface area (Å²) in [6.07, 6.45) is 2.09. The quantitative estimate of drug-likeness (QED) is 0.860. The maximum atomic E-state index is 12.3. The van der Waals surface area contributed by atoms with Gasteiger partial charge in [-0.2, -0.15) is 20.7 Å². The molecule has 100 valence electrons. The molecule has 20 heavy (non-hydrogen) atoms. The number of aryl methyl sites for hydroxylation is 1. The standard InChI is InChI=1S/C14H13N5O/c15-8-10-3-1-2-4-11(10)16-14(20)9-5-6-12-13(7-9)18-19-17-12/h1-4,9H,5-7H2,(H,16,20)(H,17,18,19). The van der Waals surface area contributed by atoms with Crippen LogP contribution in [0.3, 0.4) is 0 Å². The van der Waals surface area contributed by atoms with E-state index in [-0.39, 0.29) is 11.8 Å². The first-order chi connectivity index (χ1) is 9.78. The topological polar surface area (TPSA) is 94.5 Å². The van der Waals surface area contributed by atoms with Crippen molar-refractivity contribution in [3.8, 4) is 6.07 Å². The van der Waals surface area contributed by atoms with Crippen molar-refractivity contribution in [2.75, 3.05) is 5.32 Å². The minimum Gasteiger partial charge on any atom is -0.325 e. The number of rotatable bonds is 2. The van der Waals surface area contributed by atoms with Crippen molar-refractivity contribution in [1.82, 2.24) is 15.4 Å². The minimum absolute atomic E-state index is 0.0682. The van der Waals surface area contributed by atoms with Crippen molar-refractivity contribution in [2.45, 2.75) is 19.3 Å². The Balaban J connectivity index is 1.73. The maximum Gasteiger partial charge on any atom is 0.227 e. The van der Waals surface area contributed by atoms with Gasteiger partial charge in [0.05, 0.1) is 22.6 Å². The summed E-state index contributed by atoms with van der Waals surface area (Å²) in [4.78, 5) is 12.3. The maximum absolute atomic E-state index is 12.3. The fourth-order valence-electron chi connectivity index (χ4n) is 2.43. The predicted octanol–water partition coefficient (Wildman–Crippen LogP) is 1.42. The third kappa shape index (κ3) is 2.26. The Hall–Kier alpha value is -2.68. The van der Waals surface area contributed by atoms with Crippen LogP contribution in [-0.2, 0) is 17.6 Å². The first-order valence-electron chi connectivity index (χ1n) is 6.46. The van der Waals surface area contributed by atoms with E-state index < -0.39 is 0 Å². The van der Waals surface area contributed by atoms with Gasteiger partial charge in [0.1, 0.15) is 6.07 Å². The molecule has 0 fully saturated rings. The fraction of sp³-hybridized carbons (Fsp3) is 0.286. The van der Waals surface area contributed by atoms with Crippen molar-refractivity contribution in [3.05, 3.63) is 41.2 Å². The third-order valence-corrected chi connectivity index (χ3v) is 3.55. The number of amides is 1. The summed E-state index contributed by atoms with van der Waals surface area (Å²) in [6, 6.07) is 9.07. The SMILES string of the molecule is N#Cc1ccccc1NC(=O)C1CCc2n[nH]nc2C1. The van der Waals surface area contributed by atoms with E-state index in [4.69, 9.17) is 5.26 Å². The highest BCUT2D eigenvalue weighted by atomic mass is 16.1. The number of nitrogens with one attached hydrogen (secondary N) is 2. The molecule has 1 atom stereocenters. The number of aromatic nitrogens is 3. The molecule has 0 aliphatic heterocycles. The predicted molar refractivity (Wildman–Crippen MR) is 71.7 cm³/mol.